The summed E-state index contributed by atoms with van der Waals surface area (Å²) in [6.45, 7) is 4.26. The summed E-state index contributed by atoms with van der Waals surface area (Å²) in [5.41, 5.74) is 1.92. The Hall–Kier alpha value is -0.440. The van der Waals surface area contributed by atoms with Gasteiger partial charge >= 0.3 is 0 Å². The molecule has 0 bridgehead atoms. The number of aromatic nitrogens is 2. The maximum absolute atomic E-state index is 6.34. The van der Waals surface area contributed by atoms with Crippen LogP contribution in [0.25, 0.3) is 11.0 Å². The molecule has 1 heterocycles. The second-order valence-electron chi connectivity index (χ2n) is 5.69. The lowest BCUT2D eigenvalue weighted by molar-refractivity contribution is 0.405. The molecule has 20 heavy (non-hydrogen) atoms. The summed E-state index contributed by atoms with van der Waals surface area (Å²) in [6, 6.07) is 4.20. The molecule has 5 heteroatoms. The molecule has 0 N–H and O–H groups in total. The first-order chi connectivity index (χ1) is 9.49. The number of fused-ring (bicyclic) bond motifs is 1. The molecule has 1 saturated carbocycles. The molecule has 3 unspecified atom stereocenters. The Morgan fingerprint density at radius 3 is 2.55 bits per heavy atom. The molecule has 0 saturated heterocycles. The number of rotatable bonds is 2. The van der Waals surface area contributed by atoms with Gasteiger partial charge in [-0.2, -0.15) is 0 Å². The predicted octanol–water partition coefficient (Wildman–Crippen LogP) is 6.00. The molecule has 0 radical (unpaired) electrons. The van der Waals surface area contributed by atoms with E-state index in [1.54, 1.807) is 0 Å². The van der Waals surface area contributed by atoms with E-state index in [1.165, 1.54) is 19.3 Å². The van der Waals surface area contributed by atoms with Crippen LogP contribution in [0.4, 0.5) is 0 Å². The van der Waals surface area contributed by atoms with Crippen LogP contribution >= 0.6 is 34.8 Å². The summed E-state index contributed by atoms with van der Waals surface area (Å²) < 4.78 is 2.28. The smallest absolute Gasteiger partial charge is 0.127 e. The van der Waals surface area contributed by atoms with E-state index in [9.17, 15) is 0 Å². The van der Waals surface area contributed by atoms with E-state index >= 15 is 0 Å². The largest absolute Gasteiger partial charge is 0.323 e. The van der Waals surface area contributed by atoms with Crippen LogP contribution in [0.5, 0.6) is 0 Å². The number of alkyl halides is 1. The van der Waals surface area contributed by atoms with E-state index < -0.39 is 0 Å². The van der Waals surface area contributed by atoms with Gasteiger partial charge in [-0.15, -0.1) is 11.6 Å². The molecule has 1 fully saturated rings. The van der Waals surface area contributed by atoms with E-state index in [-0.39, 0.29) is 5.38 Å². The molecule has 108 valence electrons. The van der Waals surface area contributed by atoms with Gasteiger partial charge in [0.1, 0.15) is 5.82 Å². The molecule has 3 atom stereocenters. The van der Waals surface area contributed by atoms with Gasteiger partial charge in [0.05, 0.1) is 26.5 Å². The Bertz CT molecular complexity index is 648. The quantitative estimate of drug-likeness (QED) is 0.617. The van der Waals surface area contributed by atoms with E-state index in [0.717, 1.165) is 16.9 Å². The number of halogens is 3. The van der Waals surface area contributed by atoms with Crippen molar-refractivity contribution in [2.75, 3.05) is 0 Å². The minimum Gasteiger partial charge on any atom is -0.323 e. The van der Waals surface area contributed by atoms with Crippen LogP contribution < -0.4 is 0 Å². The van der Waals surface area contributed by atoms with Gasteiger partial charge in [-0.3, -0.25) is 0 Å². The average Bonchev–Trinajstić information content (AvgIpc) is 2.93. The number of hydrogen-bond donors (Lipinski definition) is 0. The highest BCUT2D eigenvalue weighted by Gasteiger charge is 2.29. The molecule has 1 aromatic heterocycles. The fourth-order valence-corrected chi connectivity index (χ4v) is 3.72. The Kier molecular flexibility index (Phi) is 3.91. The van der Waals surface area contributed by atoms with Crippen molar-refractivity contribution in [2.24, 2.45) is 5.92 Å². The van der Waals surface area contributed by atoms with Crippen molar-refractivity contribution < 1.29 is 0 Å². The topological polar surface area (TPSA) is 17.8 Å². The fourth-order valence-electron chi connectivity index (χ4n) is 3.25. The van der Waals surface area contributed by atoms with Crippen molar-refractivity contribution in [3.8, 4) is 0 Å². The molecule has 1 aromatic carbocycles. The van der Waals surface area contributed by atoms with Crippen molar-refractivity contribution >= 4 is 45.8 Å². The highest BCUT2D eigenvalue weighted by molar-refractivity contribution is 6.42. The van der Waals surface area contributed by atoms with Crippen molar-refractivity contribution in [3.05, 3.63) is 28.0 Å². The van der Waals surface area contributed by atoms with Gasteiger partial charge in [-0.05, 0) is 37.8 Å². The fraction of sp³-hybridized carbons (Fsp3) is 0.533. The highest BCUT2D eigenvalue weighted by Crippen LogP contribution is 2.41. The van der Waals surface area contributed by atoms with Gasteiger partial charge in [0, 0.05) is 6.04 Å². The summed E-state index contributed by atoms with van der Waals surface area (Å²) in [7, 11) is 0. The van der Waals surface area contributed by atoms with Crippen LogP contribution in [0.2, 0.25) is 10.0 Å². The van der Waals surface area contributed by atoms with Crippen molar-refractivity contribution in [2.45, 2.75) is 44.5 Å². The van der Waals surface area contributed by atoms with Gasteiger partial charge in [0.15, 0.2) is 0 Å². The summed E-state index contributed by atoms with van der Waals surface area (Å²) in [6.07, 6.45) is 3.67. The lowest BCUT2D eigenvalue weighted by Gasteiger charge is -2.22. The van der Waals surface area contributed by atoms with Gasteiger partial charge < -0.3 is 4.57 Å². The van der Waals surface area contributed by atoms with Gasteiger partial charge in [-0.1, -0.05) is 36.5 Å². The molecule has 0 spiro atoms. The zero-order valence-corrected chi connectivity index (χ0v) is 13.8. The van der Waals surface area contributed by atoms with Crippen molar-refractivity contribution in [1.29, 1.82) is 0 Å². The molecule has 2 aromatic rings. The SMILES string of the molecule is CC(Cl)c1nc2cc(Cl)c(Cl)cc2n1C1CCCC1C. The van der Waals surface area contributed by atoms with E-state index in [4.69, 9.17) is 34.8 Å². The number of hydrogen-bond acceptors (Lipinski definition) is 1. The first-order valence-corrected chi connectivity index (χ1v) is 8.19. The molecule has 3 rings (SSSR count). The lowest BCUT2D eigenvalue weighted by atomic mass is 10.1. The Morgan fingerprint density at radius 2 is 1.95 bits per heavy atom. The third-order valence-electron chi connectivity index (χ3n) is 4.26. The normalized spacial score (nSPS) is 24.4. The third kappa shape index (κ3) is 2.32. The Morgan fingerprint density at radius 1 is 1.25 bits per heavy atom. The van der Waals surface area contributed by atoms with E-state index in [1.807, 2.05) is 19.1 Å². The molecular weight excluding hydrogens is 315 g/mol. The Balaban J connectivity index is 2.26. The number of nitrogens with zero attached hydrogens (tertiary/aromatic N) is 2. The summed E-state index contributed by atoms with van der Waals surface area (Å²) in [5, 5.41) is 0.976. The van der Waals surface area contributed by atoms with E-state index in [2.05, 4.69) is 16.5 Å². The van der Waals surface area contributed by atoms with Crippen LogP contribution in [-0.4, -0.2) is 9.55 Å². The molecular formula is C15H17Cl3N2. The van der Waals surface area contributed by atoms with Gasteiger partial charge in [0.2, 0.25) is 0 Å². The van der Waals surface area contributed by atoms with Crippen LogP contribution in [0.1, 0.15) is 50.4 Å². The van der Waals surface area contributed by atoms with Crippen molar-refractivity contribution in [3.63, 3.8) is 0 Å². The molecule has 1 aliphatic rings. The Labute approximate surface area is 134 Å². The minimum absolute atomic E-state index is 0.132. The third-order valence-corrected chi connectivity index (χ3v) is 5.18. The van der Waals surface area contributed by atoms with Crippen LogP contribution in [0.3, 0.4) is 0 Å². The summed E-state index contributed by atoms with van der Waals surface area (Å²) in [5.74, 6) is 1.55. The van der Waals surface area contributed by atoms with Gasteiger partial charge in [-0.25, -0.2) is 4.98 Å². The number of benzene rings is 1. The molecule has 2 nitrogen and oxygen atoms in total. The summed E-state index contributed by atoms with van der Waals surface area (Å²) >= 11 is 18.6. The van der Waals surface area contributed by atoms with Crippen LogP contribution in [0, 0.1) is 5.92 Å². The first-order valence-electron chi connectivity index (χ1n) is 7.00. The van der Waals surface area contributed by atoms with Gasteiger partial charge in [0.25, 0.3) is 0 Å². The average molecular weight is 332 g/mol. The highest BCUT2D eigenvalue weighted by atomic mass is 35.5. The summed E-state index contributed by atoms with van der Waals surface area (Å²) in [4.78, 5) is 4.68. The molecule has 0 aliphatic heterocycles. The maximum Gasteiger partial charge on any atom is 0.127 e. The van der Waals surface area contributed by atoms with Crippen LogP contribution in [0.15, 0.2) is 12.1 Å². The second-order valence-corrected chi connectivity index (χ2v) is 7.16. The predicted molar refractivity (Wildman–Crippen MR) is 86.1 cm³/mol. The second kappa shape index (κ2) is 5.40. The molecule has 0 amide bonds. The standard InChI is InChI=1S/C15H17Cl3N2/c1-8-4-3-5-13(8)20-14-7-11(18)10(17)6-12(14)19-15(20)9(2)16/h6-9,13H,3-5H2,1-2H3. The minimum atomic E-state index is -0.132. The number of imidazole rings is 1. The maximum atomic E-state index is 6.34. The lowest BCUT2D eigenvalue weighted by Crippen LogP contribution is -2.15. The van der Waals surface area contributed by atoms with Crippen LogP contribution in [-0.2, 0) is 0 Å². The first kappa shape index (κ1) is 14.5. The zero-order valence-electron chi connectivity index (χ0n) is 11.5. The zero-order chi connectivity index (χ0) is 14.4. The van der Waals surface area contributed by atoms with Crippen molar-refractivity contribution in [1.82, 2.24) is 9.55 Å². The molecule has 1 aliphatic carbocycles. The van der Waals surface area contributed by atoms with E-state index in [0.29, 0.717) is 22.0 Å². The monoisotopic (exact) mass is 330 g/mol.